The number of amides is 1. The van der Waals surface area contributed by atoms with Gasteiger partial charge in [-0.3, -0.25) is 4.79 Å². The zero-order valence-electron chi connectivity index (χ0n) is 11.3. The first-order valence-corrected chi connectivity index (χ1v) is 7.16. The van der Waals surface area contributed by atoms with Crippen LogP contribution in [-0.2, 0) is 4.79 Å². The number of halogens is 1. The molecule has 1 unspecified atom stereocenters. The van der Waals surface area contributed by atoms with E-state index in [2.05, 4.69) is 35.1 Å². The van der Waals surface area contributed by atoms with Crippen LogP contribution in [0.15, 0.2) is 34.8 Å². The number of hydrogen-bond acceptors (Lipinski definition) is 2. The van der Waals surface area contributed by atoms with Gasteiger partial charge < -0.3 is 10.4 Å². The van der Waals surface area contributed by atoms with Gasteiger partial charge in [-0.05, 0) is 30.0 Å². The molecule has 0 saturated carbocycles. The molecule has 1 amide bonds. The molecule has 0 radical (unpaired) electrons. The van der Waals surface area contributed by atoms with Gasteiger partial charge in [0.2, 0.25) is 5.91 Å². The third-order valence-corrected chi connectivity index (χ3v) is 3.36. The van der Waals surface area contributed by atoms with Gasteiger partial charge >= 0.3 is 0 Å². The molecule has 2 N–H and O–H groups in total. The van der Waals surface area contributed by atoms with Crippen LogP contribution in [0.25, 0.3) is 6.08 Å². The molecule has 0 heterocycles. The Bertz CT molecular complexity index is 444. The van der Waals surface area contributed by atoms with E-state index in [-0.39, 0.29) is 18.6 Å². The summed E-state index contributed by atoms with van der Waals surface area (Å²) in [5, 5.41) is 12.0. The summed E-state index contributed by atoms with van der Waals surface area (Å²) in [5.74, 6) is 0.250. The normalized spacial score (nSPS) is 12.9. The third-order valence-electron chi connectivity index (χ3n) is 2.64. The number of carbonyl (C=O) groups is 1. The van der Waals surface area contributed by atoms with E-state index >= 15 is 0 Å². The topological polar surface area (TPSA) is 49.3 Å². The highest BCUT2D eigenvalue weighted by Gasteiger charge is 2.11. The molecule has 0 saturated heterocycles. The molecular weight excluding hydrogens is 306 g/mol. The zero-order chi connectivity index (χ0) is 14.3. The second kappa shape index (κ2) is 8.12. The van der Waals surface area contributed by atoms with Crippen LogP contribution in [0.1, 0.15) is 25.8 Å². The van der Waals surface area contributed by atoms with Gasteiger partial charge in [0.15, 0.2) is 0 Å². The number of rotatable bonds is 6. The summed E-state index contributed by atoms with van der Waals surface area (Å²) in [7, 11) is 0. The second-order valence-corrected chi connectivity index (χ2v) is 5.73. The lowest BCUT2D eigenvalue weighted by molar-refractivity contribution is -0.117. The number of aliphatic hydroxyl groups is 1. The van der Waals surface area contributed by atoms with E-state index in [1.54, 1.807) is 6.08 Å². The van der Waals surface area contributed by atoms with Crippen LogP contribution in [0, 0.1) is 5.92 Å². The molecule has 1 rings (SSSR count). The first-order chi connectivity index (χ1) is 9.02. The number of aliphatic hydroxyl groups excluding tert-OH is 1. The SMILES string of the molecule is CC(C)CC(CO)NC(=O)/C=C/c1ccccc1Br. The Morgan fingerprint density at radius 2 is 2.11 bits per heavy atom. The summed E-state index contributed by atoms with van der Waals surface area (Å²) in [6.45, 7) is 4.09. The lowest BCUT2D eigenvalue weighted by Crippen LogP contribution is -2.37. The molecule has 3 nitrogen and oxygen atoms in total. The maximum atomic E-state index is 11.8. The fourth-order valence-electron chi connectivity index (χ4n) is 1.77. The van der Waals surface area contributed by atoms with Crippen LogP contribution >= 0.6 is 15.9 Å². The van der Waals surface area contributed by atoms with E-state index in [1.807, 2.05) is 24.3 Å². The second-order valence-electron chi connectivity index (χ2n) is 4.87. The van der Waals surface area contributed by atoms with E-state index in [9.17, 15) is 9.90 Å². The maximum Gasteiger partial charge on any atom is 0.244 e. The fourth-order valence-corrected chi connectivity index (χ4v) is 2.19. The van der Waals surface area contributed by atoms with Crippen molar-refractivity contribution in [3.8, 4) is 0 Å². The lowest BCUT2D eigenvalue weighted by atomic mass is 10.0. The summed E-state index contributed by atoms with van der Waals surface area (Å²) in [4.78, 5) is 11.8. The quantitative estimate of drug-likeness (QED) is 0.790. The molecule has 1 aromatic rings. The predicted octanol–water partition coefficient (Wildman–Crippen LogP) is 2.99. The van der Waals surface area contributed by atoms with E-state index < -0.39 is 0 Å². The minimum Gasteiger partial charge on any atom is -0.394 e. The van der Waals surface area contributed by atoms with Gasteiger partial charge in [0.25, 0.3) is 0 Å². The molecule has 104 valence electrons. The van der Waals surface area contributed by atoms with Crippen molar-refractivity contribution in [2.75, 3.05) is 6.61 Å². The molecule has 0 spiro atoms. The molecule has 4 heteroatoms. The van der Waals surface area contributed by atoms with Crippen LogP contribution < -0.4 is 5.32 Å². The van der Waals surface area contributed by atoms with E-state index in [1.165, 1.54) is 6.08 Å². The Labute approximate surface area is 122 Å². The lowest BCUT2D eigenvalue weighted by Gasteiger charge is -2.17. The first-order valence-electron chi connectivity index (χ1n) is 6.37. The average Bonchev–Trinajstić information content (AvgIpc) is 2.36. The van der Waals surface area contributed by atoms with E-state index in [4.69, 9.17) is 0 Å². The van der Waals surface area contributed by atoms with E-state index in [0.717, 1.165) is 16.5 Å². The Morgan fingerprint density at radius 1 is 1.42 bits per heavy atom. The van der Waals surface area contributed by atoms with Crippen molar-refractivity contribution in [3.05, 3.63) is 40.4 Å². The van der Waals surface area contributed by atoms with Crippen LogP contribution in [0.3, 0.4) is 0 Å². The summed E-state index contributed by atoms with van der Waals surface area (Å²) in [5.41, 5.74) is 0.946. The highest BCUT2D eigenvalue weighted by Crippen LogP contribution is 2.17. The molecule has 1 atom stereocenters. The van der Waals surface area contributed by atoms with Gasteiger partial charge in [-0.15, -0.1) is 0 Å². The van der Waals surface area contributed by atoms with Crippen LogP contribution in [0.2, 0.25) is 0 Å². The van der Waals surface area contributed by atoms with Crippen LogP contribution in [0.4, 0.5) is 0 Å². The first kappa shape index (κ1) is 15.9. The summed E-state index contributed by atoms with van der Waals surface area (Å²) >= 11 is 3.42. The molecule has 1 aromatic carbocycles. The molecule has 0 fully saturated rings. The zero-order valence-corrected chi connectivity index (χ0v) is 12.9. The maximum absolute atomic E-state index is 11.8. The number of nitrogens with one attached hydrogen (secondary N) is 1. The summed E-state index contributed by atoms with van der Waals surface area (Å²) < 4.78 is 0.944. The Hall–Kier alpha value is -1.13. The Balaban J connectivity index is 2.57. The van der Waals surface area contributed by atoms with Crippen molar-refractivity contribution in [3.63, 3.8) is 0 Å². The molecule has 19 heavy (non-hydrogen) atoms. The molecule has 0 aliphatic rings. The van der Waals surface area contributed by atoms with Gasteiger partial charge in [-0.25, -0.2) is 0 Å². The highest BCUT2D eigenvalue weighted by molar-refractivity contribution is 9.10. The van der Waals surface area contributed by atoms with Gasteiger partial charge in [0.1, 0.15) is 0 Å². The summed E-state index contributed by atoms with van der Waals surface area (Å²) in [6, 6.07) is 7.50. The van der Waals surface area contributed by atoms with Crippen molar-refractivity contribution < 1.29 is 9.90 Å². The van der Waals surface area contributed by atoms with Crippen molar-refractivity contribution >= 4 is 27.9 Å². The van der Waals surface area contributed by atoms with Crippen molar-refractivity contribution in [2.45, 2.75) is 26.3 Å². The molecule has 0 bridgehead atoms. The molecule has 0 aliphatic carbocycles. The van der Waals surface area contributed by atoms with Gasteiger partial charge in [-0.1, -0.05) is 48.0 Å². The predicted molar refractivity (Wildman–Crippen MR) is 81.6 cm³/mol. The highest BCUT2D eigenvalue weighted by atomic mass is 79.9. The Morgan fingerprint density at radius 3 is 2.68 bits per heavy atom. The van der Waals surface area contributed by atoms with Gasteiger partial charge in [0.05, 0.1) is 12.6 Å². The molecular formula is C15H20BrNO2. The Kier molecular flexibility index (Phi) is 6.81. The van der Waals surface area contributed by atoms with Gasteiger partial charge in [0, 0.05) is 10.5 Å². The minimum absolute atomic E-state index is 0.0349. The molecule has 0 aliphatic heterocycles. The largest absolute Gasteiger partial charge is 0.394 e. The number of benzene rings is 1. The molecule has 0 aromatic heterocycles. The van der Waals surface area contributed by atoms with Crippen molar-refractivity contribution in [1.82, 2.24) is 5.32 Å². The third kappa shape index (κ3) is 6.03. The van der Waals surface area contributed by atoms with Crippen molar-refractivity contribution in [1.29, 1.82) is 0 Å². The van der Waals surface area contributed by atoms with Crippen LogP contribution in [0.5, 0.6) is 0 Å². The average molecular weight is 326 g/mol. The standard InChI is InChI=1S/C15H20BrNO2/c1-11(2)9-13(10-18)17-15(19)8-7-12-5-3-4-6-14(12)16/h3-8,11,13,18H,9-10H2,1-2H3,(H,17,19)/b8-7+. The summed E-state index contributed by atoms with van der Waals surface area (Å²) in [6.07, 6.45) is 4.01. The van der Waals surface area contributed by atoms with E-state index in [0.29, 0.717) is 5.92 Å². The minimum atomic E-state index is -0.185. The fraction of sp³-hybridized carbons (Fsp3) is 0.400. The monoisotopic (exact) mass is 325 g/mol. The van der Waals surface area contributed by atoms with Crippen LogP contribution in [-0.4, -0.2) is 23.7 Å². The smallest absolute Gasteiger partial charge is 0.244 e. The van der Waals surface area contributed by atoms with Crippen molar-refractivity contribution in [2.24, 2.45) is 5.92 Å². The number of carbonyl (C=O) groups excluding carboxylic acids is 1. The number of hydrogen-bond donors (Lipinski definition) is 2. The van der Waals surface area contributed by atoms with Gasteiger partial charge in [-0.2, -0.15) is 0 Å².